The van der Waals surface area contributed by atoms with Gasteiger partial charge in [0.25, 0.3) is 0 Å². The third kappa shape index (κ3) is 3.47. The second kappa shape index (κ2) is 5.61. The molecule has 0 bridgehead atoms. The first-order valence-corrected chi connectivity index (χ1v) is 7.19. The molecule has 1 unspecified atom stereocenters. The van der Waals surface area contributed by atoms with Gasteiger partial charge in [0.05, 0.1) is 0 Å². The normalized spacial score (nSPS) is 22.2. The van der Waals surface area contributed by atoms with Gasteiger partial charge in [-0.2, -0.15) is 0 Å². The topological polar surface area (TPSA) is 53.2 Å². The average molecular weight is 259 g/mol. The Balaban J connectivity index is 1.54. The van der Waals surface area contributed by atoms with E-state index in [1.165, 1.54) is 12.8 Å². The number of benzene rings is 1. The molecule has 102 valence electrons. The highest BCUT2D eigenvalue weighted by atomic mass is 16.2. The summed E-state index contributed by atoms with van der Waals surface area (Å²) >= 11 is 0. The zero-order valence-corrected chi connectivity index (χ0v) is 11.1. The lowest BCUT2D eigenvalue weighted by Crippen LogP contribution is -2.29. The van der Waals surface area contributed by atoms with E-state index in [-0.39, 0.29) is 11.8 Å². The van der Waals surface area contributed by atoms with Gasteiger partial charge in [0.2, 0.25) is 5.91 Å². The Labute approximate surface area is 114 Å². The second-order valence-corrected chi connectivity index (χ2v) is 5.52. The van der Waals surface area contributed by atoms with Gasteiger partial charge in [0.1, 0.15) is 0 Å². The smallest absolute Gasteiger partial charge is 0.227 e. The fourth-order valence-electron chi connectivity index (χ4n) is 2.47. The predicted octanol–water partition coefficient (Wildman–Crippen LogP) is 2.20. The molecule has 0 aromatic heterocycles. The highest BCUT2D eigenvalue weighted by Crippen LogP contribution is 2.30. The van der Waals surface area contributed by atoms with Crippen LogP contribution in [0.15, 0.2) is 24.3 Å². The van der Waals surface area contributed by atoms with Crippen molar-refractivity contribution in [2.45, 2.75) is 31.7 Å². The minimum atomic E-state index is 0.162. The van der Waals surface area contributed by atoms with Crippen LogP contribution in [-0.2, 0) is 4.79 Å². The van der Waals surface area contributed by atoms with Crippen molar-refractivity contribution in [3.63, 3.8) is 0 Å². The molecule has 3 rings (SSSR count). The molecule has 1 amide bonds. The van der Waals surface area contributed by atoms with Crippen LogP contribution in [0, 0.1) is 5.92 Å². The van der Waals surface area contributed by atoms with Crippen LogP contribution in [0.2, 0.25) is 0 Å². The molecular formula is C15H21N3O. The van der Waals surface area contributed by atoms with Crippen molar-refractivity contribution >= 4 is 17.3 Å². The van der Waals surface area contributed by atoms with Crippen molar-refractivity contribution in [2.75, 3.05) is 23.7 Å². The van der Waals surface area contributed by atoms with E-state index < -0.39 is 0 Å². The molecule has 1 atom stereocenters. The summed E-state index contributed by atoms with van der Waals surface area (Å²) in [7, 11) is 0. The maximum atomic E-state index is 11.7. The Morgan fingerprint density at radius 1 is 1.26 bits per heavy atom. The van der Waals surface area contributed by atoms with Gasteiger partial charge in [-0.3, -0.25) is 4.79 Å². The SMILES string of the molecule is O=C(Nc1cccc(NCC2CCCN2)c1)C1CC1. The summed E-state index contributed by atoms with van der Waals surface area (Å²) in [4.78, 5) is 11.7. The standard InChI is InChI=1S/C15H21N3O/c19-15(11-6-7-11)18-13-4-1-3-12(9-13)17-10-14-5-2-8-16-14/h1,3-4,9,11,14,16-17H,2,5-8,10H2,(H,18,19). The van der Waals surface area contributed by atoms with Gasteiger partial charge in [-0.15, -0.1) is 0 Å². The molecule has 2 aliphatic rings. The number of rotatable bonds is 5. The highest BCUT2D eigenvalue weighted by Gasteiger charge is 2.29. The summed E-state index contributed by atoms with van der Waals surface area (Å²) in [5.41, 5.74) is 1.96. The van der Waals surface area contributed by atoms with Crippen LogP contribution < -0.4 is 16.0 Å². The molecule has 4 nitrogen and oxygen atoms in total. The molecule has 1 aromatic rings. The molecule has 1 aliphatic heterocycles. The maximum absolute atomic E-state index is 11.7. The third-order valence-electron chi connectivity index (χ3n) is 3.79. The molecule has 1 saturated carbocycles. The van der Waals surface area contributed by atoms with Crippen molar-refractivity contribution in [2.24, 2.45) is 5.92 Å². The van der Waals surface area contributed by atoms with E-state index in [1.54, 1.807) is 0 Å². The Morgan fingerprint density at radius 2 is 2.11 bits per heavy atom. The molecule has 1 saturated heterocycles. The van der Waals surface area contributed by atoms with Gasteiger partial charge >= 0.3 is 0 Å². The number of carbonyl (C=O) groups is 1. The Kier molecular flexibility index (Phi) is 3.69. The number of carbonyl (C=O) groups excluding carboxylic acids is 1. The number of anilines is 2. The lowest BCUT2D eigenvalue weighted by molar-refractivity contribution is -0.117. The van der Waals surface area contributed by atoms with Gasteiger partial charge in [0.15, 0.2) is 0 Å². The van der Waals surface area contributed by atoms with Crippen LogP contribution in [0.5, 0.6) is 0 Å². The van der Waals surface area contributed by atoms with Crippen LogP contribution in [0.4, 0.5) is 11.4 Å². The molecule has 4 heteroatoms. The number of hydrogen-bond donors (Lipinski definition) is 3. The third-order valence-corrected chi connectivity index (χ3v) is 3.79. The van der Waals surface area contributed by atoms with Crippen molar-refractivity contribution in [1.82, 2.24) is 5.32 Å². The summed E-state index contributed by atoms with van der Waals surface area (Å²) in [5.74, 6) is 0.411. The first kappa shape index (κ1) is 12.5. The maximum Gasteiger partial charge on any atom is 0.227 e. The summed E-state index contributed by atoms with van der Waals surface area (Å²) in [5, 5.41) is 9.87. The Bertz CT molecular complexity index is 450. The monoisotopic (exact) mass is 259 g/mol. The van der Waals surface area contributed by atoms with E-state index in [0.717, 1.165) is 37.3 Å². The lowest BCUT2D eigenvalue weighted by atomic mass is 10.2. The number of hydrogen-bond acceptors (Lipinski definition) is 3. The zero-order valence-electron chi connectivity index (χ0n) is 11.1. The van der Waals surface area contributed by atoms with Crippen molar-refractivity contribution in [3.05, 3.63) is 24.3 Å². The average Bonchev–Trinajstić information content (AvgIpc) is 3.14. The highest BCUT2D eigenvalue weighted by molar-refractivity contribution is 5.94. The van der Waals surface area contributed by atoms with Crippen molar-refractivity contribution in [3.8, 4) is 0 Å². The van der Waals surface area contributed by atoms with Crippen LogP contribution in [0.25, 0.3) is 0 Å². The molecule has 1 heterocycles. The van der Waals surface area contributed by atoms with Crippen molar-refractivity contribution < 1.29 is 4.79 Å². The molecule has 19 heavy (non-hydrogen) atoms. The molecule has 0 radical (unpaired) electrons. The van der Waals surface area contributed by atoms with E-state index in [1.807, 2.05) is 24.3 Å². The minimum Gasteiger partial charge on any atom is -0.383 e. The molecule has 1 aromatic carbocycles. The first-order chi connectivity index (χ1) is 9.31. The van der Waals surface area contributed by atoms with Crippen LogP contribution in [0.1, 0.15) is 25.7 Å². The summed E-state index contributed by atoms with van der Waals surface area (Å²) < 4.78 is 0. The van der Waals surface area contributed by atoms with E-state index in [2.05, 4.69) is 16.0 Å². The fourth-order valence-corrected chi connectivity index (χ4v) is 2.47. The Hall–Kier alpha value is -1.55. The molecule has 3 N–H and O–H groups in total. The largest absolute Gasteiger partial charge is 0.383 e. The van der Waals surface area contributed by atoms with Gasteiger partial charge in [-0.25, -0.2) is 0 Å². The van der Waals surface area contributed by atoms with E-state index >= 15 is 0 Å². The number of nitrogens with one attached hydrogen (secondary N) is 3. The van der Waals surface area contributed by atoms with Crippen molar-refractivity contribution in [1.29, 1.82) is 0 Å². The van der Waals surface area contributed by atoms with E-state index in [0.29, 0.717) is 6.04 Å². The fraction of sp³-hybridized carbons (Fsp3) is 0.533. The molecule has 1 aliphatic carbocycles. The van der Waals surface area contributed by atoms with E-state index in [4.69, 9.17) is 0 Å². The van der Waals surface area contributed by atoms with E-state index in [9.17, 15) is 4.79 Å². The first-order valence-electron chi connectivity index (χ1n) is 7.19. The van der Waals surface area contributed by atoms with Crippen LogP contribution in [0.3, 0.4) is 0 Å². The van der Waals surface area contributed by atoms with Gasteiger partial charge < -0.3 is 16.0 Å². The van der Waals surface area contributed by atoms with Crippen LogP contribution in [-0.4, -0.2) is 25.0 Å². The predicted molar refractivity (Wildman–Crippen MR) is 77.3 cm³/mol. The minimum absolute atomic E-state index is 0.162. The van der Waals surface area contributed by atoms with Crippen LogP contribution >= 0.6 is 0 Å². The summed E-state index contributed by atoms with van der Waals surface area (Å²) in [6, 6.07) is 8.55. The van der Waals surface area contributed by atoms with Gasteiger partial charge in [0, 0.05) is 29.9 Å². The Morgan fingerprint density at radius 3 is 2.84 bits per heavy atom. The number of amides is 1. The second-order valence-electron chi connectivity index (χ2n) is 5.52. The van der Waals surface area contributed by atoms with Gasteiger partial charge in [-0.1, -0.05) is 6.07 Å². The molecule has 0 spiro atoms. The summed E-state index contributed by atoms with van der Waals surface area (Å²) in [6.45, 7) is 2.07. The molecular weight excluding hydrogens is 238 g/mol. The lowest BCUT2D eigenvalue weighted by Gasteiger charge is -2.13. The molecule has 2 fully saturated rings. The quantitative estimate of drug-likeness (QED) is 0.760. The summed E-state index contributed by atoms with van der Waals surface area (Å²) in [6.07, 6.45) is 4.59. The van der Waals surface area contributed by atoms with Gasteiger partial charge in [-0.05, 0) is 50.4 Å². The zero-order chi connectivity index (χ0) is 13.1.